The monoisotopic (exact) mass is 200 g/mol. The van der Waals surface area contributed by atoms with Crippen LogP contribution in [0, 0.1) is 29.1 Å². The van der Waals surface area contributed by atoms with Crippen LogP contribution in [-0.2, 0) is 9.59 Å². The van der Waals surface area contributed by atoms with Crippen LogP contribution in [0.2, 0.25) is 0 Å². The second-order valence-corrected chi connectivity index (χ2v) is 5.36. The molecule has 4 rings (SSSR count). The van der Waals surface area contributed by atoms with Crippen LogP contribution in [0.15, 0.2) is 24.3 Å². The van der Waals surface area contributed by atoms with Crippen molar-refractivity contribution in [3.05, 3.63) is 24.3 Å². The van der Waals surface area contributed by atoms with Crippen molar-refractivity contribution in [2.24, 2.45) is 29.1 Å². The molecular formula is C13H12O2. The number of hydrogen-bond donors (Lipinski definition) is 0. The van der Waals surface area contributed by atoms with Gasteiger partial charge in [0.05, 0.1) is 0 Å². The normalized spacial score (nSPS) is 47.7. The SMILES string of the molecule is O=C1C=CC(=O)C2C1C1C=CC2C12CC2. The van der Waals surface area contributed by atoms with Crippen LogP contribution in [0.3, 0.4) is 0 Å². The van der Waals surface area contributed by atoms with Gasteiger partial charge in [0.1, 0.15) is 0 Å². The highest BCUT2D eigenvalue weighted by atomic mass is 16.1. The first-order valence-corrected chi connectivity index (χ1v) is 5.68. The lowest BCUT2D eigenvalue weighted by Crippen LogP contribution is -2.34. The van der Waals surface area contributed by atoms with Gasteiger partial charge in [-0.3, -0.25) is 9.59 Å². The van der Waals surface area contributed by atoms with Gasteiger partial charge in [0.15, 0.2) is 11.6 Å². The second-order valence-electron chi connectivity index (χ2n) is 5.36. The van der Waals surface area contributed by atoms with E-state index in [2.05, 4.69) is 12.2 Å². The number of hydrogen-bond acceptors (Lipinski definition) is 2. The van der Waals surface area contributed by atoms with E-state index in [1.807, 2.05) is 0 Å². The highest BCUT2D eigenvalue weighted by Gasteiger charge is 2.69. The number of carbonyl (C=O) groups is 2. The van der Waals surface area contributed by atoms with Gasteiger partial charge < -0.3 is 0 Å². The molecule has 0 aromatic heterocycles. The lowest BCUT2D eigenvalue weighted by molar-refractivity contribution is -0.129. The van der Waals surface area contributed by atoms with E-state index in [1.54, 1.807) is 0 Å². The maximum Gasteiger partial charge on any atom is 0.160 e. The standard InChI is InChI=1S/C13H12O2/c14-9-3-4-10(15)12-8-2-1-7(11(9)12)13(8)5-6-13/h1-4,7-8,11-12H,5-6H2. The van der Waals surface area contributed by atoms with E-state index in [0.29, 0.717) is 17.3 Å². The molecule has 0 saturated heterocycles. The van der Waals surface area contributed by atoms with Crippen molar-refractivity contribution in [2.75, 3.05) is 0 Å². The Bertz CT molecular complexity index is 403. The van der Waals surface area contributed by atoms with E-state index in [1.165, 1.54) is 25.0 Å². The van der Waals surface area contributed by atoms with E-state index in [4.69, 9.17) is 0 Å². The molecule has 0 aromatic rings. The van der Waals surface area contributed by atoms with Crippen LogP contribution in [0.4, 0.5) is 0 Å². The van der Waals surface area contributed by atoms with Gasteiger partial charge in [-0.15, -0.1) is 0 Å². The molecule has 2 nitrogen and oxygen atoms in total. The van der Waals surface area contributed by atoms with Crippen molar-refractivity contribution in [3.8, 4) is 0 Å². The Labute approximate surface area is 88.0 Å². The Morgan fingerprint density at radius 1 is 0.933 bits per heavy atom. The number of rotatable bonds is 0. The van der Waals surface area contributed by atoms with E-state index in [-0.39, 0.29) is 23.4 Å². The van der Waals surface area contributed by atoms with Crippen LogP contribution in [0.5, 0.6) is 0 Å². The Hall–Kier alpha value is -1.18. The lowest BCUT2D eigenvalue weighted by Gasteiger charge is -2.26. The minimum Gasteiger partial charge on any atom is -0.294 e. The maximum absolute atomic E-state index is 11.9. The molecule has 2 bridgehead atoms. The minimum atomic E-state index is -0.0139. The summed E-state index contributed by atoms with van der Waals surface area (Å²) in [5.74, 6) is 1.08. The second kappa shape index (κ2) is 2.16. The highest BCUT2D eigenvalue weighted by Crippen LogP contribution is 2.72. The van der Waals surface area contributed by atoms with Crippen molar-refractivity contribution >= 4 is 11.6 Å². The summed E-state index contributed by atoms with van der Waals surface area (Å²) in [6.45, 7) is 0. The first kappa shape index (κ1) is 8.03. The Morgan fingerprint density at radius 2 is 1.40 bits per heavy atom. The molecular weight excluding hydrogens is 188 g/mol. The summed E-state index contributed by atoms with van der Waals surface area (Å²) in [5.41, 5.74) is 0.326. The molecule has 15 heavy (non-hydrogen) atoms. The zero-order chi connectivity index (χ0) is 10.2. The minimum absolute atomic E-state index is 0.0139. The van der Waals surface area contributed by atoms with Crippen molar-refractivity contribution in [3.63, 3.8) is 0 Å². The van der Waals surface area contributed by atoms with E-state index in [9.17, 15) is 9.59 Å². The van der Waals surface area contributed by atoms with Crippen LogP contribution >= 0.6 is 0 Å². The van der Waals surface area contributed by atoms with Crippen molar-refractivity contribution in [1.82, 2.24) is 0 Å². The molecule has 0 aromatic carbocycles. The molecule has 0 aliphatic heterocycles. The van der Waals surface area contributed by atoms with Gasteiger partial charge in [-0.1, -0.05) is 12.2 Å². The number of allylic oxidation sites excluding steroid dienone is 4. The van der Waals surface area contributed by atoms with E-state index in [0.717, 1.165) is 0 Å². The fourth-order valence-electron chi connectivity index (χ4n) is 4.15. The van der Waals surface area contributed by atoms with Gasteiger partial charge in [0.25, 0.3) is 0 Å². The van der Waals surface area contributed by atoms with E-state index >= 15 is 0 Å². The molecule has 0 amide bonds. The Kier molecular flexibility index (Phi) is 1.15. The molecule has 4 unspecified atom stereocenters. The summed E-state index contributed by atoms with van der Waals surface area (Å²) < 4.78 is 0. The molecule has 2 heteroatoms. The van der Waals surface area contributed by atoms with Crippen molar-refractivity contribution < 1.29 is 9.59 Å². The fourth-order valence-corrected chi connectivity index (χ4v) is 4.15. The number of carbonyl (C=O) groups excluding carboxylic acids is 2. The van der Waals surface area contributed by atoms with Gasteiger partial charge in [0.2, 0.25) is 0 Å². The van der Waals surface area contributed by atoms with Crippen molar-refractivity contribution in [2.45, 2.75) is 12.8 Å². The van der Waals surface area contributed by atoms with Crippen LogP contribution in [0.25, 0.3) is 0 Å². The molecule has 4 atom stereocenters. The summed E-state index contributed by atoms with van der Waals surface area (Å²) in [4.78, 5) is 23.7. The first-order valence-electron chi connectivity index (χ1n) is 5.68. The molecule has 0 radical (unpaired) electrons. The summed E-state index contributed by atoms with van der Waals surface area (Å²) in [7, 11) is 0. The van der Waals surface area contributed by atoms with Gasteiger partial charge in [-0.25, -0.2) is 0 Å². The maximum atomic E-state index is 11.9. The highest BCUT2D eigenvalue weighted by molar-refractivity contribution is 6.08. The molecule has 2 saturated carbocycles. The first-order chi connectivity index (χ1) is 7.24. The summed E-state index contributed by atoms with van der Waals surface area (Å²) in [6.07, 6.45) is 9.81. The molecule has 1 spiro atoms. The molecule has 0 N–H and O–H groups in total. The van der Waals surface area contributed by atoms with E-state index < -0.39 is 0 Å². The number of fused-ring (bicyclic) bond motifs is 3. The third-order valence-electron chi connectivity index (χ3n) is 4.91. The Balaban J connectivity index is 1.89. The third kappa shape index (κ3) is 0.715. The predicted molar refractivity (Wildman–Crippen MR) is 53.9 cm³/mol. The average molecular weight is 200 g/mol. The number of ketones is 2. The smallest absolute Gasteiger partial charge is 0.160 e. The molecule has 2 fully saturated rings. The van der Waals surface area contributed by atoms with Crippen LogP contribution in [-0.4, -0.2) is 11.6 Å². The predicted octanol–water partition coefficient (Wildman–Crippen LogP) is 1.52. The largest absolute Gasteiger partial charge is 0.294 e. The zero-order valence-electron chi connectivity index (χ0n) is 8.35. The van der Waals surface area contributed by atoms with Gasteiger partial charge in [0, 0.05) is 11.8 Å². The Morgan fingerprint density at radius 3 is 1.80 bits per heavy atom. The fraction of sp³-hybridized carbons (Fsp3) is 0.538. The molecule has 4 aliphatic rings. The molecule has 0 heterocycles. The van der Waals surface area contributed by atoms with Gasteiger partial charge in [-0.2, -0.15) is 0 Å². The lowest BCUT2D eigenvalue weighted by atomic mass is 9.75. The summed E-state index contributed by atoms with van der Waals surface area (Å²) in [5, 5.41) is 0. The quantitative estimate of drug-likeness (QED) is 0.556. The van der Waals surface area contributed by atoms with Gasteiger partial charge >= 0.3 is 0 Å². The van der Waals surface area contributed by atoms with Crippen LogP contribution in [0.1, 0.15) is 12.8 Å². The summed E-state index contributed by atoms with van der Waals surface area (Å²) >= 11 is 0. The molecule has 4 aliphatic carbocycles. The topological polar surface area (TPSA) is 34.1 Å². The average Bonchev–Trinajstić information content (AvgIpc) is 2.88. The molecule has 76 valence electrons. The van der Waals surface area contributed by atoms with Crippen molar-refractivity contribution in [1.29, 1.82) is 0 Å². The van der Waals surface area contributed by atoms with Crippen LogP contribution < -0.4 is 0 Å². The van der Waals surface area contributed by atoms with Gasteiger partial charge in [-0.05, 0) is 42.2 Å². The third-order valence-corrected chi connectivity index (χ3v) is 4.91. The zero-order valence-corrected chi connectivity index (χ0v) is 8.35. The summed E-state index contributed by atoms with van der Waals surface area (Å²) in [6, 6.07) is 0.